The third kappa shape index (κ3) is 2.77. The number of aromatic nitrogens is 1. The lowest BCUT2D eigenvalue weighted by Crippen LogP contribution is -2.18. The summed E-state index contributed by atoms with van der Waals surface area (Å²) in [4.78, 5) is 3.97. The molecule has 0 bridgehead atoms. The Kier molecular flexibility index (Phi) is 3.53. The molecule has 14 heavy (non-hydrogen) atoms. The van der Waals surface area contributed by atoms with Crippen LogP contribution in [-0.4, -0.2) is 24.8 Å². The molecule has 0 saturated heterocycles. The molecule has 0 amide bonds. The van der Waals surface area contributed by atoms with Crippen LogP contribution in [0, 0.1) is 0 Å². The predicted octanol–water partition coefficient (Wildman–Crippen LogP) is 0.660. The molecular formula is C9H15N3O2. The van der Waals surface area contributed by atoms with E-state index in [0.717, 1.165) is 0 Å². The van der Waals surface area contributed by atoms with Crippen molar-refractivity contribution in [2.75, 3.05) is 25.2 Å². The summed E-state index contributed by atoms with van der Waals surface area (Å²) in [7, 11) is 1.62. The van der Waals surface area contributed by atoms with E-state index in [1.165, 1.54) is 0 Å². The van der Waals surface area contributed by atoms with Crippen molar-refractivity contribution in [3.63, 3.8) is 0 Å². The molecule has 1 heterocycles. The number of nitrogens with zero attached hydrogens (tertiary/aromatic N) is 1. The molecule has 0 fully saturated rings. The van der Waals surface area contributed by atoms with Crippen molar-refractivity contribution in [2.24, 2.45) is 0 Å². The molecule has 1 aromatic heterocycles. The highest BCUT2D eigenvalue weighted by Crippen LogP contribution is 2.17. The maximum absolute atomic E-state index is 5.52. The molecule has 1 rings (SSSR count). The van der Waals surface area contributed by atoms with Gasteiger partial charge in [0.25, 0.3) is 0 Å². The lowest BCUT2D eigenvalue weighted by atomic mass is 10.4. The Hall–Kier alpha value is -1.49. The Morgan fingerprint density at radius 2 is 2.14 bits per heavy atom. The van der Waals surface area contributed by atoms with Gasteiger partial charge in [-0.15, -0.1) is 0 Å². The van der Waals surface area contributed by atoms with Crippen molar-refractivity contribution in [2.45, 2.75) is 13.0 Å². The van der Waals surface area contributed by atoms with Gasteiger partial charge in [0.15, 0.2) is 5.82 Å². The highest BCUT2D eigenvalue weighted by atomic mass is 16.5. The lowest BCUT2D eigenvalue weighted by Gasteiger charge is -2.13. The van der Waals surface area contributed by atoms with E-state index < -0.39 is 0 Å². The number of hydrogen-bond acceptors (Lipinski definition) is 5. The zero-order valence-electron chi connectivity index (χ0n) is 8.36. The van der Waals surface area contributed by atoms with Crippen molar-refractivity contribution in [3.8, 4) is 5.88 Å². The van der Waals surface area contributed by atoms with Gasteiger partial charge in [-0.3, -0.25) is 0 Å². The van der Waals surface area contributed by atoms with Gasteiger partial charge in [-0.2, -0.15) is 4.98 Å². The number of rotatable bonds is 4. The van der Waals surface area contributed by atoms with Gasteiger partial charge in [-0.05, 0) is 13.0 Å². The van der Waals surface area contributed by atoms with Crippen LogP contribution in [0.2, 0.25) is 0 Å². The Morgan fingerprint density at radius 3 is 2.71 bits per heavy atom. The molecule has 78 valence electrons. The van der Waals surface area contributed by atoms with Crippen molar-refractivity contribution in [1.82, 2.24) is 4.98 Å². The summed E-state index contributed by atoms with van der Waals surface area (Å²) >= 11 is 0. The molecule has 5 nitrogen and oxygen atoms in total. The maximum atomic E-state index is 5.52. The largest absolute Gasteiger partial charge is 0.472 e. The first kappa shape index (κ1) is 10.6. The SMILES string of the molecule is COCC(C)Oc1ccc(N)c(N)n1. The van der Waals surface area contributed by atoms with Gasteiger partial charge in [0, 0.05) is 13.2 Å². The maximum Gasteiger partial charge on any atom is 0.215 e. The summed E-state index contributed by atoms with van der Waals surface area (Å²) in [6.45, 7) is 2.39. The minimum absolute atomic E-state index is 0.0597. The highest BCUT2D eigenvalue weighted by molar-refractivity contribution is 5.58. The summed E-state index contributed by atoms with van der Waals surface area (Å²) < 4.78 is 10.3. The predicted molar refractivity (Wildman–Crippen MR) is 55.0 cm³/mol. The third-order valence-corrected chi connectivity index (χ3v) is 1.66. The molecule has 0 radical (unpaired) electrons. The van der Waals surface area contributed by atoms with Gasteiger partial charge in [-0.1, -0.05) is 0 Å². The molecule has 0 spiro atoms. The van der Waals surface area contributed by atoms with Crippen LogP contribution in [0.5, 0.6) is 5.88 Å². The smallest absolute Gasteiger partial charge is 0.215 e. The van der Waals surface area contributed by atoms with Crippen LogP contribution in [0.3, 0.4) is 0 Å². The average Bonchev–Trinajstić information content (AvgIpc) is 2.12. The van der Waals surface area contributed by atoms with Gasteiger partial charge in [0.1, 0.15) is 6.10 Å². The third-order valence-electron chi connectivity index (χ3n) is 1.66. The van der Waals surface area contributed by atoms with Crippen molar-refractivity contribution >= 4 is 11.5 Å². The quantitative estimate of drug-likeness (QED) is 0.740. The van der Waals surface area contributed by atoms with E-state index in [0.29, 0.717) is 18.2 Å². The van der Waals surface area contributed by atoms with Gasteiger partial charge < -0.3 is 20.9 Å². The molecule has 1 atom stereocenters. The number of nitrogens with two attached hydrogens (primary N) is 2. The first-order chi connectivity index (χ1) is 6.63. The van der Waals surface area contributed by atoms with Crippen molar-refractivity contribution < 1.29 is 9.47 Å². The molecule has 0 aliphatic rings. The molecule has 4 N–H and O–H groups in total. The molecule has 1 unspecified atom stereocenters. The number of nitrogen functional groups attached to an aromatic ring is 2. The summed E-state index contributed by atoms with van der Waals surface area (Å²) in [5.41, 5.74) is 11.5. The molecule has 0 aliphatic carbocycles. The summed E-state index contributed by atoms with van der Waals surface area (Å²) in [6.07, 6.45) is -0.0597. The minimum atomic E-state index is -0.0597. The second-order valence-electron chi connectivity index (χ2n) is 3.01. The topological polar surface area (TPSA) is 83.4 Å². The van der Waals surface area contributed by atoms with E-state index >= 15 is 0 Å². The summed E-state index contributed by atoms with van der Waals surface area (Å²) in [5.74, 6) is 0.744. The average molecular weight is 197 g/mol. The standard InChI is InChI=1S/C9H15N3O2/c1-6(5-13-2)14-8-4-3-7(10)9(11)12-8/h3-4,6H,5,10H2,1-2H3,(H2,11,12). The highest BCUT2D eigenvalue weighted by Gasteiger charge is 2.05. The van der Waals surface area contributed by atoms with Gasteiger partial charge >= 0.3 is 0 Å². The molecule has 0 aromatic carbocycles. The van der Waals surface area contributed by atoms with E-state index in [-0.39, 0.29) is 11.9 Å². The van der Waals surface area contributed by atoms with E-state index in [1.807, 2.05) is 6.92 Å². The van der Waals surface area contributed by atoms with Crippen LogP contribution >= 0.6 is 0 Å². The molecular weight excluding hydrogens is 182 g/mol. The van der Waals surface area contributed by atoms with Crippen molar-refractivity contribution in [1.29, 1.82) is 0 Å². The lowest BCUT2D eigenvalue weighted by molar-refractivity contribution is 0.0891. The van der Waals surface area contributed by atoms with Crippen LogP contribution in [0.1, 0.15) is 6.92 Å². The molecule has 0 saturated carbocycles. The molecule has 5 heteroatoms. The number of pyridine rings is 1. The van der Waals surface area contributed by atoms with E-state index in [1.54, 1.807) is 19.2 Å². The van der Waals surface area contributed by atoms with Crippen LogP contribution < -0.4 is 16.2 Å². The molecule has 0 aliphatic heterocycles. The first-order valence-corrected chi connectivity index (χ1v) is 4.31. The van der Waals surface area contributed by atoms with E-state index in [9.17, 15) is 0 Å². The van der Waals surface area contributed by atoms with Gasteiger partial charge in [0.2, 0.25) is 5.88 Å². The fourth-order valence-corrected chi connectivity index (χ4v) is 1.01. The molecule has 1 aromatic rings. The summed E-state index contributed by atoms with van der Waals surface area (Å²) in [6, 6.07) is 3.34. The number of methoxy groups -OCH3 is 1. The Labute approximate surface area is 83.0 Å². The number of anilines is 2. The van der Waals surface area contributed by atoms with E-state index in [2.05, 4.69) is 4.98 Å². The van der Waals surface area contributed by atoms with Crippen molar-refractivity contribution in [3.05, 3.63) is 12.1 Å². The fraction of sp³-hybridized carbons (Fsp3) is 0.444. The Bertz CT molecular complexity index is 304. The second-order valence-corrected chi connectivity index (χ2v) is 3.01. The normalized spacial score (nSPS) is 12.4. The number of ether oxygens (including phenoxy) is 2. The monoisotopic (exact) mass is 197 g/mol. The zero-order valence-corrected chi connectivity index (χ0v) is 8.36. The minimum Gasteiger partial charge on any atom is -0.472 e. The fourth-order valence-electron chi connectivity index (χ4n) is 1.01. The Balaban J connectivity index is 2.63. The number of hydrogen-bond donors (Lipinski definition) is 2. The van der Waals surface area contributed by atoms with Gasteiger partial charge in [-0.25, -0.2) is 0 Å². The first-order valence-electron chi connectivity index (χ1n) is 4.31. The zero-order chi connectivity index (χ0) is 10.6. The summed E-state index contributed by atoms with van der Waals surface area (Å²) in [5, 5.41) is 0. The Morgan fingerprint density at radius 1 is 1.43 bits per heavy atom. The van der Waals surface area contributed by atoms with Crippen LogP contribution in [0.25, 0.3) is 0 Å². The van der Waals surface area contributed by atoms with Crippen LogP contribution in [-0.2, 0) is 4.74 Å². The second kappa shape index (κ2) is 4.66. The van der Waals surface area contributed by atoms with E-state index in [4.69, 9.17) is 20.9 Å². The van der Waals surface area contributed by atoms with Gasteiger partial charge in [0.05, 0.1) is 12.3 Å². The van der Waals surface area contributed by atoms with Crippen LogP contribution in [0.4, 0.5) is 11.5 Å². The van der Waals surface area contributed by atoms with Crippen LogP contribution in [0.15, 0.2) is 12.1 Å².